The highest BCUT2D eigenvalue weighted by atomic mass is 35.5. The Balaban J connectivity index is 1.70. The molecule has 3 rings (SSSR count). The molecule has 1 amide bonds. The van der Waals surface area contributed by atoms with E-state index in [1.54, 1.807) is 0 Å². The van der Waals surface area contributed by atoms with E-state index in [0.29, 0.717) is 0 Å². The molecule has 4 heteroatoms. The Morgan fingerprint density at radius 1 is 0.917 bits per heavy atom. The predicted octanol–water partition coefficient (Wildman–Crippen LogP) is 4.23. The molecule has 0 radical (unpaired) electrons. The molecular weight excluding hydrogens is 320 g/mol. The second-order valence-electron chi connectivity index (χ2n) is 6.53. The zero-order valence-corrected chi connectivity index (χ0v) is 15.2. The van der Waals surface area contributed by atoms with E-state index in [9.17, 15) is 4.79 Å². The van der Waals surface area contributed by atoms with Crippen molar-refractivity contribution in [3.8, 4) is 0 Å². The SMILES string of the molecule is Cc1ccc(C(=O)N2CCN(c3cc(Cl)ccc3C)CC2)c(C)c1. The van der Waals surface area contributed by atoms with Crippen LogP contribution in [0.1, 0.15) is 27.0 Å². The first-order valence-electron chi connectivity index (χ1n) is 8.33. The number of aryl methyl sites for hydroxylation is 3. The first kappa shape index (κ1) is 16.8. The molecule has 1 aliphatic heterocycles. The number of hydrogen-bond donors (Lipinski definition) is 0. The molecule has 0 N–H and O–H groups in total. The highest BCUT2D eigenvalue weighted by Gasteiger charge is 2.24. The smallest absolute Gasteiger partial charge is 0.254 e. The van der Waals surface area contributed by atoms with E-state index >= 15 is 0 Å². The third kappa shape index (κ3) is 3.41. The number of carbonyl (C=O) groups excluding carboxylic acids is 1. The van der Waals surface area contributed by atoms with Gasteiger partial charge in [-0.1, -0.05) is 35.4 Å². The van der Waals surface area contributed by atoms with Gasteiger partial charge < -0.3 is 9.80 Å². The van der Waals surface area contributed by atoms with Crippen LogP contribution in [0.15, 0.2) is 36.4 Å². The summed E-state index contributed by atoms with van der Waals surface area (Å²) >= 11 is 6.13. The zero-order valence-electron chi connectivity index (χ0n) is 14.5. The molecule has 1 heterocycles. The summed E-state index contributed by atoms with van der Waals surface area (Å²) in [7, 11) is 0. The van der Waals surface area contributed by atoms with Gasteiger partial charge in [-0.3, -0.25) is 4.79 Å². The summed E-state index contributed by atoms with van der Waals surface area (Å²) in [5.74, 6) is 0.134. The number of hydrogen-bond acceptors (Lipinski definition) is 2. The minimum absolute atomic E-state index is 0.134. The Bertz CT molecular complexity index is 764. The number of carbonyl (C=O) groups is 1. The number of amides is 1. The van der Waals surface area contributed by atoms with Gasteiger partial charge in [-0.25, -0.2) is 0 Å². The van der Waals surface area contributed by atoms with Crippen molar-refractivity contribution in [1.82, 2.24) is 4.90 Å². The maximum atomic E-state index is 12.8. The number of nitrogens with zero attached hydrogens (tertiary/aromatic N) is 2. The van der Waals surface area contributed by atoms with Crippen molar-refractivity contribution in [2.24, 2.45) is 0 Å². The van der Waals surface area contributed by atoms with Gasteiger partial charge in [0.2, 0.25) is 0 Å². The van der Waals surface area contributed by atoms with Gasteiger partial charge in [0, 0.05) is 42.5 Å². The van der Waals surface area contributed by atoms with Crippen LogP contribution in [-0.2, 0) is 0 Å². The molecule has 0 spiro atoms. The van der Waals surface area contributed by atoms with Crippen molar-refractivity contribution < 1.29 is 4.79 Å². The average Bonchev–Trinajstić information content (AvgIpc) is 2.57. The minimum Gasteiger partial charge on any atom is -0.368 e. The van der Waals surface area contributed by atoms with Gasteiger partial charge >= 0.3 is 0 Å². The number of rotatable bonds is 2. The van der Waals surface area contributed by atoms with Crippen molar-refractivity contribution in [2.75, 3.05) is 31.1 Å². The Labute approximate surface area is 148 Å². The van der Waals surface area contributed by atoms with Crippen molar-refractivity contribution in [2.45, 2.75) is 20.8 Å². The molecule has 0 saturated carbocycles. The Morgan fingerprint density at radius 3 is 2.29 bits per heavy atom. The number of benzene rings is 2. The molecule has 0 unspecified atom stereocenters. The molecule has 126 valence electrons. The maximum Gasteiger partial charge on any atom is 0.254 e. The number of anilines is 1. The standard InChI is InChI=1S/C20H23ClN2O/c1-14-4-7-18(16(3)12-14)20(24)23-10-8-22(9-11-23)19-13-17(21)6-5-15(19)2/h4-7,12-13H,8-11H2,1-3H3. The van der Waals surface area contributed by atoms with Gasteiger partial charge in [0.1, 0.15) is 0 Å². The lowest BCUT2D eigenvalue weighted by Gasteiger charge is -2.37. The minimum atomic E-state index is 0.134. The van der Waals surface area contributed by atoms with Crippen LogP contribution in [0.25, 0.3) is 0 Å². The third-order valence-electron chi connectivity index (χ3n) is 4.69. The van der Waals surface area contributed by atoms with Gasteiger partial charge in [-0.15, -0.1) is 0 Å². The van der Waals surface area contributed by atoms with Crippen LogP contribution < -0.4 is 4.90 Å². The van der Waals surface area contributed by atoms with Crippen LogP contribution >= 0.6 is 11.6 Å². The molecule has 2 aromatic carbocycles. The summed E-state index contributed by atoms with van der Waals surface area (Å²) < 4.78 is 0. The molecule has 0 bridgehead atoms. The largest absolute Gasteiger partial charge is 0.368 e. The second-order valence-corrected chi connectivity index (χ2v) is 6.96. The molecule has 0 aliphatic carbocycles. The Morgan fingerprint density at radius 2 is 1.62 bits per heavy atom. The second kappa shape index (κ2) is 6.86. The Hall–Kier alpha value is -2.00. The predicted molar refractivity (Wildman–Crippen MR) is 100 cm³/mol. The first-order chi connectivity index (χ1) is 11.5. The van der Waals surface area contributed by atoms with Gasteiger partial charge in [-0.2, -0.15) is 0 Å². The van der Waals surface area contributed by atoms with E-state index in [-0.39, 0.29) is 5.91 Å². The molecule has 2 aromatic rings. The summed E-state index contributed by atoms with van der Waals surface area (Å²) in [5.41, 5.74) is 5.43. The van der Waals surface area contributed by atoms with Crippen LogP contribution in [0, 0.1) is 20.8 Å². The highest BCUT2D eigenvalue weighted by Crippen LogP contribution is 2.25. The lowest BCUT2D eigenvalue weighted by Crippen LogP contribution is -2.49. The Kier molecular flexibility index (Phi) is 4.81. The van der Waals surface area contributed by atoms with E-state index in [1.807, 2.05) is 49.1 Å². The van der Waals surface area contributed by atoms with Gasteiger partial charge in [0.15, 0.2) is 0 Å². The summed E-state index contributed by atoms with van der Waals surface area (Å²) in [6.07, 6.45) is 0. The van der Waals surface area contributed by atoms with Crippen LogP contribution in [0.3, 0.4) is 0 Å². The van der Waals surface area contributed by atoms with E-state index in [2.05, 4.69) is 17.9 Å². The third-order valence-corrected chi connectivity index (χ3v) is 4.93. The van der Waals surface area contributed by atoms with Crippen LogP contribution in [0.5, 0.6) is 0 Å². The normalized spacial score (nSPS) is 14.8. The van der Waals surface area contributed by atoms with Crippen molar-refractivity contribution in [3.05, 3.63) is 63.7 Å². The molecule has 1 fully saturated rings. The molecule has 1 saturated heterocycles. The molecule has 1 aliphatic rings. The molecule has 24 heavy (non-hydrogen) atoms. The first-order valence-corrected chi connectivity index (χ1v) is 8.71. The highest BCUT2D eigenvalue weighted by molar-refractivity contribution is 6.30. The lowest BCUT2D eigenvalue weighted by atomic mass is 10.0. The fourth-order valence-electron chi connectivity index (χ4n) is 3.30. The number of piperazine rings is 1. The monoisotopic (exact) mass is 342 g/mol. The number of halogens is 1. The fraction of sp³-hybridized carbons (Fsp3) is 0.350. The molecular formula is C20H23ClN2O. The molecule has 0 atom stereocenters. The molecule has 3 nitrogen and oxygen atoms in total. The van der Waals surface area contributed by atoms with E-state index < -0.39 is 0 Å². The van der Waals surface area contributed by atoms with Crippen molar-refractivity contribution in [3.63, 3.8) is 0 Å². The summed E-state index contributed by atoms with van der Waals surface area (Å²) in [6, 6.07) is 12.0. The van der Waals surface area contributed by atoms with Crippen molar-refractivity contribution >= 4 is 23.2 Å². The molecule has 0 aromatic heterocycles. The summed E-state index contributed by atoms with van der Waals surface area (Å²) in [5, 5.41) is 0.754. The van der Waals surface area contributed by atoms with Crippen molar-refractivity contribution in [1.29, 1.82) is 0 Å². The van der Waals surface area contributed by atoms with Crippen LogP contribution in [0.2, 0.25) is 5.02 Å². The van der Waals surface area contributed by atoms with Gasteiger partial charge in [-0.05, 0) is 50.1 Å². The fourth-order valence-corrected chi connectivity index (χ4v) is 3.46. The quantitative estimate of drug-likeness (QED) is 0.815. The van der Waals surface area contributed by atoms with E-state index in [1.165, 1.54) is 16.8 Å². The topological polar surface area (TPSA) is 23.6 Å². The van der Waals surface area contributed by atoms with Crippen LogP contribution in [-0.4, -0.2) is 37.0 Å². The van der Waals surface area contributed by atoms with E-state index in [4.69, 9.17) is 11.6 Å². The maximum absolute atomic E-state index is 12.8. The average molecular weight is 343 g/mol. The summed E-state index contributed by atoms with van der Waals surface area (Å²) in [4.78, 5) is 17.0. The van der Waals surface area contributed by atoms with Gasteiger partial charge in [0.05, 0.1) is 0 Å². The lowest BCUT2D eigenvalue weighted by molar-refractivity contribution is 0.0746. The summed E-state index contributed by atoms with van der Waals surface area (Å²) in [6.45, 7) is 9.28. The van der Waals surface area contributed by atoms with Gasteiger partial charge in [0.25, 0.3) is 5.91 Å². The van der Waals surface area contributed by atoms with E-state index in [0.717, 1.165) is 42.3 Å². The zero-order chi connectivity index (χ0) is 17.3. The van der Waals surface area contributed by atoms with Crippen LogP contribution in [0.4, 0.5) is 5.69 Å².